The van der Waals surface area contributed by atoms with Crippen LogP contribution < -0.4 is 16.1 Å². The summed E-state index contributed by atoms with van der Waals surface area (Å²) >= 11 is 0. The molecule has 1 aliphatic heterocycles. The van der Waals surface area contributed by atoms with Crippen LogP contribution in [0, 0.1) is 0 Å². The highest BCUT2D eigenvalue weighted by Crippen LogP contribution is 2.26. The average Bonchev–Trinajstić information content (AvgIpc) is 2.67. The van der Waals surface area contributed by atoms with Gasteiger partial charge in [0.25, 0.3) is 5.56 Å². The average molecular weight is 365 g/mol. The molecule has 0 saturated heterocycles. The molecule has 1 aromatic heterocycles. The van der Waals surface area contributed by atoms with Crippen molar-refractivity contribution in [2.45, 2.75) is 19.4 Å². The van der Waals surface area contributed by atoms with Gasteiger partial charge in [0.1, 0.15) is 0 Å². The predicted octanol–water partition coefficient (Wildman–Crippen LogP) is 1.84. The Bertz CT molecular complexity index is 1150. The second-order valence-electron chi connectivity index (χ2n) is 6.67. The van der Waals surface area contributed by atoms with E-state index in [0.717, 1.165) is 25.1 Å². The second kappa shape index (κ2) is 6.75. The molecule has 0 fully saturated rings. The van der Waals surface area contributed by atoms with Gasteiger partial charge in [0.2, 0.25) is 0 Å². The zero-order valence-corrected chi connectivity index (χ0v) is 14.6. The van der Waals surface area contributed by atoms with Crippen molar-refractivity contribution in [1.29, 1.82) is 0 Å². The minimum atomic E-state index is -1.11. The topological polar surface area (TPSA) is 95.4 Å². The third kappa shape index (κ3) is 3.12. The number of para-hydroxylation sites is 1. The number of nitrogens with one attached hydrogen (secondary N) is 1. The lowest BCUT2D eigenvalue weighted by molar-refractivity contribution is 0.0697. The van der Waals surface area contributed by atoms with E-state index in [1.54, 1.807) is 0 Å². The van der Waals surface area contributed by atoms with Crippen LogP contribution in [0.25, 0.3) is 10.9 Å². The van der Waals surface area contributed by atoms with E-state index in [1.165, 1.54) is 28.3 Å². The van der Waals surface area contributed by atoms with E-state index >= 15 is 0 Å². The Morgan fingerprint density at radius 3 is 2.74 bits per heavy atom. The molecule has 0 aliphatic carbocycles. The summed E-state index contributed by atoms with van der Waals surface area (Å²) in [4.78, 5) is 41.0. The van der Waals surface area contributed by atoms with Gasteiger partial charge in [0.05, 0.1) is 16.5 Å². The molecule has 0 atom stereocenters. The highest BCUT2D eigenvalue weighted by molar-refractivity contribution is 5.92. The van der Waals surface area contributed by atoms with E-state index in [-0.39, 0.29) is 17.6 Å². The highest BCUT2D eigenvalue weighted by Gasteiger charge is 2.17. The van der Waals surface area contributed by atoms with Gasteiger partial charge >= 0.3 is 11.7 Å². The minimum Gasteiger partial charge on any atom is -0.478 e. The van der Waals surface area contributed by atoms with Gasteiger partial charge < -0.3 is 15.0 Å². The van der Waals surface area contributed by atoms with Crippen LogP contribution >= 0.6 is 0 Å². The molecule has 2 heterocycles. The molecule has 0 amide bonds. The van der Waals surface area contributed by atoms with Crippen LogP contribution in [-0.2, 0) is 13.0 Å². The van der Waals surface area contributed by atoms with Crippen molar-refractivity contribution in [2.75, 3.05) is 18.0 Å². The van der Waals surface area contributed by atoms with Crippen LogP contribution in [0.15, 0.2) is 52.1 Å². The molecule has 2 aromatic carbocycles. The number of aryl methyl sites for hydroxylation is 1. The zero-order chi connectivity index (χ0) is 19.0. The number of carbonyl (C=O) groups is 1. The smallest absolute Gasteiger partial charge is 0.335 e. The van der Waals surface area contributed by atoms with Crippen molar-refractivity contribution >= 4 is 22.6 Å². The standard InChI is InChI=1S/C20H19N3O4/c24-18-15-8-7-14(19(25)26)12-16(15)21-20(27)23(18)11-10-22-9-3-5-13-4-1-2-6-17(13)22/h1-2,4,6-8,12H,3,5,9-11H2,(H,21,27)(H,25,26). The first-order valence-corrected chi connectivity index (χ1v) is 8.87. The summed E-state index contributed by atoms with van der Waals surface area (Å²) in [5.74, 6) is -1.11. The Morgan fingerprint density at radius 1 is 1.11 bits per heavy atom. The zero-order valence-electron chi connectivity index (χ0n) is 14.6. The number of carboxylic acids is 1. The molecule has 7 heteroatoms. The number of rotatable bonds is 4. The number of anilines is 1. The lowest BCUT2D eigenvalue weighted by atomic mass is 10.0. The summed E-state index contributed by atoms with van der Waals surface area (Å²) in [6.45, 7) is 1.71. The Hall–Kier alpha value is -3.35. The van der Waals surface area contributed by atoms with Crippen molar-refractivity contribution in [1.82, 2.24) is 9.55 Å². The molecular weight excluding hydrogens is 346 g/mol. The van der Waals surface area contributed by atoms with Crippen LogP contribution in [0.5, 0.6) is 0 Å². The molecule has 0 spiro atoms. The molecule has 138 valence electrons. The third-order valence-corrected chi connectivity index (χ3v) is 5.03. The minimum absolute atomic E-state index is 0.0280. The molecule has 27 heavy (non-hydrogen) atoms. The van der Waals surface area contributed by atoms with E-state index < -0.39 is 17.2 Å². The van der Waals surface area contributed by atoms with E-state index in [2.05, 4.69) is 22.0 Å². The van der Waals surface area contributed by atoms with Crippen LogP contribution in [0.1, 0.15) is 22.3 Å². The van der Waals surface area contributed by atoms with E-state index in [1.807, 2.05) is 12.1 Å². The normalized spacial score (nSPS) is 13.6. The monoisotopic (exact) mass is 365 g/mol. The number of hydrogen-bond acceptors (Lipinski definition) is 4. The molecule has 0 unspecified atom stereocenters. The Kier molecular flexibility index (Phi) is 4.27. The maximum Gasteiger partial charge on any atom is 0.335 e. The number of aromatic nitrogens is 2. The fourth-order valence-corrected chi connectivity index (χ4v) is 3.66. The van der Waals surface area contributed by atoms with Gasteiger partial charge in [0, 0.05) is 25.3 Å². The first-order valence-electron chi connectivity index (χ1n) is 8.87. The van der Waals surface area contributed by atoms with Gasteiger partial charge in [-0.15, -0.1) is 0 Å². The van der Waals surface area contributed by atoms with Gasteiger partial charge in [-0.25, -0.2) is 9.59 Å². The van der Waals surface area contributed by atoms with E-state index in [4.69, 9.17) is 5.11 Å². The molecule has 7 nitrogen and oxygen atoms in total. The van der Waals surface area contributed by atoms with Gasteiger partial charge in [0.15, 0.2) is 0 Å². The molecule has 2 N–H and O–H groups in total. The number of benzene rings is 2. The van der Waals surface area contributed by atoms with Crippen LogP contribution in [0.3, 0.4) is 0 Å². The van der Waals surface area contributed by atoms with E-state index in [9.17, 15) is 14.4 Å². The molecule has 3 aromatic rings. The summed E-state index contributed by atoms with van der Waals surface area (Å²) in [6.07, 6.45) is 2.08. The lowest BCUT2D eigenvalue weighted by Crippen LogP contribution is -2.40. The number of carboxylic acid groups (broad SMARTS) is 1. The number of hydrogen-bond donors (Lipinski definition) is 2. The number of aromatic amines is 1. The Labute approximate surface area is 154 Å². The van der Waals surface area contributed by atoms with Crippen LogP contribution in [0.4, 0.5) is 5.69 Å². The number of aromatic carboxylic acids is 1. The van der Waals surface area contributed by atoms with Gasteiger partial charge in [-0.1, -0.05) is 18.2 Å². The summed E-state index contributed by atoms with van der Waals surface area (Å²) in [5, 5.41) is 9.37. The maximum absolute atomic E-state index is 12.7. The van der Waals surface area contributed by atoms with Gasteiger partial charge in [-0.05, 0) is 42.7 Å². The lowest BCUT2D eigenvalue weighted by Gasteiger charge is -2.31. The fourth-order valence-electron chi connectivity index (χ4n) is 3.66. The van der Waals surface area contributed by atoms with Crippen LogP contribution in [0.2, 0.25) is 0 Å². The quantitative estimate of drug-likeness (QED) is 0.736. The van der Waals surface area contributed by atoms with Crippen LogP contribution in [-0.4, -0.2) is 33.7 Å². The summed E-state index contributed by atoms with van der Waals surface area (Å²) in [7, 11) is 0. The van der Waals surface area contributed by atoms with Crippen molar-refractivity contribution in [3.8, 4) is 0 Å². The molecule has 4 rings (SSSR count). The SMILES string of the molecule is O=C(O)c1ccc2c(=O)n(CCN3CCCc4ccccc43)c(=O)[nH]c2c1. The summed E-state index contributed by atoms with van der Waals surface area (Å²) < 4.78 is 1.18. The largest absolute Gasteiger partial charge is 0.478 e. The number of fused-ring (bicyclic) bond motifs is 2. The predicted molar refractivity (Wildman–Crippen MR) is 103 cm³/mol. The van der Waals surface area contributed by atoms with Crippen molar-refractivity contribution in [2.24, 2.45) is 0 Å². The Morgan fingerprint density at radius 2 is 1.93 bits per heavy atom. The third-order valence-electron chi connectivity index (χ3n) is 5.03. The van der Waals surface area contributed by atoms with Crippen molar-refractivity contribution in [3.05, 3.63) is 74.4 Å². The molecule has 1 aliphatic rings. The Balaban J connectivity index is 1.65. The first-order chi connectivity index (χ1) is 13.0. The van der Waals surface area contributed by atoms with Crippen molar-refractivity contribution in [3.63, 3.8) is 0 Å². The maximum atomic E-state index is 12.7. The molecule has 0 saturated carbocycles. The second-order valence-corrected chi connectivity index (χ2v) is 6.67. The fraction of sp³-hybridized carbons (Fsp3) is 0.250. The molecule has 0 bridgehead atoms. The van der Waals surface area contributed by atoms with Gasteiger partial charge in [-0.3, -0.25) is 9.36 Å². The summed E-state index contributed by atoms with van der Waals surface area (Å²) in [5.41, 5.74) is 1.77. The molecular formula is C20H19N3O4. The highest BCUT2D eigenvalue weighted by atomic mass is 16.4. The molecule has 0 radical (unpaired) electrons. The first kappa shape index (κ1) is 17.1. The number of nitrogens with zero attached hydrogens (tertiary/aromatic N) is 2. The van der Waals surface area contributed by atoms with Crippen molar-refractivity contribution < 1.29 is 9.90 Å². The van der Waals surface area contributed by atoms with E-state index in [0.29, 0.717) is 11.9 Å². The summed E-state index contributed by atoms with van der Waals surface area (Å²) in [6, 6.07) is 12.3. The number of H-pyrrole nitrogens is 1. The van der Waals surface area contributed by atoms with Gasteiger partial charge in [-0.2, -0.15) is 0 Å².